The molecule has 0 aliphatic carbocycles. The van der Waals surface area contributed by atoms with Crippen molar-refractivity contribution in [1.29, 1.82) is 0 Å². The molecule has 0 fully saturated rings. The molecule has 2 aromatic carbocycles. The monoisotopic (exact) mass is 376 g/mol. The summed E-state index contributed by atoms with van der Waals surface area (Å²) in [6.07, 6.45) is 0.593. The van der Waals surface area contributed by atoms with Gasteiger partial charge >= 0.3 is 14.8 Å². The van der Waals surface area contributed by atoms with Gasteiger partial charge < -0.3 is 23.5 Å². The van der Waals surface area contributed by atoms with Gasteiger partial charge in [-0.25, -0.2) is 4.79 Å². The molecule has 26 heavy (non-hydrogen) atoms. The maximum atomic E-state index is 12.5. The van der Waals surface area contributed by atoms with Crippen LogP contribution in [-0.2, 0) is 19.7 Å². The zero-order valence-electron chi connectivity index (χ0n) is 15.0. The van der Waals surface area contributed by atoms with E-state index in [4.69, 9.17) is 13.3 Å². The van der Waals surface area contributed by atoms with Gasteiger partial charge in [-0.15, -0.1) is 0 Å². The molecule has 0 saturated heterocycles. The summed E-state index contributed by atoms with van der Waals surface area (Å²) >= 11 is 0. The largest absolute Gasteiger partial charge is 0.568 e. The minimum atomic E-state index is -3.23. The van der Waals surface area contributed by atoms with Crippen LogP contribution in [-0.4, -0.2) is 38.2 Å². The summed E-state index contributed by atoms with van der Waals surface area (Å²) in [6, 6.07) is 13.1. The lowest BCUT2D eigenvalue weighted by Gasteiger charge is -2.28. The molecule has 2 rings (SSSR count). The van der Waals surface area contributed by atoms with Gasteiger partial charge in [-0.2, -0.15) is 0 Å². The maximum absolute atomic E-state index is 12.5. The van der Waals surface area contributed by atoms with Gasteiger partial charge in [0.25, 0.3) is 0 Å². The van der Waals surface area contributed by atoms with Crippen molar-refractivity contribution in [2.24, 2.45) is 0 Å². The van der Waals surface area contributed by atoms with E-state index in [1.807, 2.05) is 26.0 Å². The molecule has 0 amide bonds. The molecule has 6 nitrogen and oxygen atoms in total. The Hall–Kier alpha value is -2.35. The molecular weight excluding hydrogens is 352 g/mol. The molecule has 0 atom stereocenters. The number of rotatable bonds is 9. The van der Waals surface area contributed by atoms with E-state index in [1.165, 1.54) is 24.3 Å². The van der Waals surface area contributed by atoms with Crippen LogP contribution >= 0.6 is 0 Å². The number of benzene rings is 2. The van der Waals surface area contributed by atoms with Crippen LogP contribution in [0.15, 0.2) is 48.5 Å². The molecule has 2 N–H and O–H groups in total. The van der Waals surface area contributed by atoms with Crippen molar-refractivity contribution in [3.05, 3.63) is 59.7 Å². The highest BCUT2D eigenvalue weighted by Gasteiger charge is 2.44. The third-order valence-corrected chi connectivity index (χ3v) is 6.55. The van der Waals surface area contributed by atoms with Crippen molar-refractivity contribution in [3.8, 4) is 11.5 Å². The molecule has 0 saturated carbocycles. The topological polar surface area (TPSA) is 85.2 Å². The van der Waals surface area contributed by atoms with Crippen LogP contribution in [0.5, 0.6) is 11.5 Å². The third-order valence-electron chi connectivity index (χ3n) is 3.74. The number of hydrogen-bond donors (Lipinski definition) is 2. The van der Waals surface area contributed by atoms with Crippen LogP contribution in [0.1, 0.15) is 29.8 Å². The first-order chi connectivity index (χ1) is 12.5. The van der Waals surface area contributed by atoms with E-state index in [1.54, 1.807) is 12.1 Å². The Morgan fingerprint density at radius 3 is 1.88 bits per heavy atom. The van der Waals surface area contributed by atoms with E-state index < -0.39 is 14.8 Å². The average Bonchev–Trinajstić information content (AvgIpc) is 2.62. The molecule has 140 valence electrons. The van der Waals surface area contributed by atoms with Gasteiger partial charge in [-0.1, -0.05) is 12.1 Å². The summed E-state index contributed by atoms with van der Waals surface area (Å²) in [7, 11) is -3.23. The van der Waals surface area contributed by atoms with Crippen molar-refractivity contribution in [1.82, 2.24) is 0 Å². The maximum Gasteiger partial charge on any atom is 0.568 e. The van der Waals surface area contributed by atoms with E-state index in [9.17, 15) is 15.0 Å². The summed E-state index contributed by atoms with van der Waals surface area (Å²) in [5.41, 5.74) is 1.31. The predicted octanol–water partition coefficient (Wildman–Crippen LogP) is 3.51. The SMILES string of the molecule is CCO[Si](CCc1ccc(O)cc1)(OCC)OC(=O)c1ccc(O)cc1. The minimum absolute atomic E-state index is 0.0759. The van der Waals surface area contributed by atoms with E-state index in [2.05, 4.69) is 0 Å². The molecule has 0 unspecified atom stereocenters. The van der Waals surface area contributed by atoms with Gasteiger partial charge in [0.1, 0.15) is 11.5 Å². The lowest BCUT2D eigenvalue weighted by Crippen LogP contribution is -2.48. The second kappa shape index (κ2) is 9.37. The summed E-state index contributed by atoms with van der Waals surface area (Å²) in [4.78, 5) is 12.5. The fourth-order valence-electron chi connectivity index (χ4n) is 2.49. The van der Waals surface area contributed by atoms with Gasteiger partial charge in [0, 0.05) is 19.3 Å². The number of hydrogen-bond acceptors (Lipinski definition) is 6. The average molecular weight is 376 g/mol. The van der Waals surface area contributed by atoms with Crippen molar-refractivity contribution in [3.63, 3.8) is 0 Å². The van der Waals surface area contributed by atoms with Gasteiger partial charge in [0.05, 0.1) is 5.56 Å². The van der Waals surface area contributed by atoms with Gasteiger partial charge in [-0.05, 0) is 62.2 Å². The number of carbonyl (C=O) groups excluding carboxylic acids is 1. The Morgan fingerprint density at radius 2 is 1.38 bits per heavy atom. The first-order valence-electron chi connectivity index (χ1n) is 8.56. The molecule has 0 aromatic heterocycles. The van der Waals surface area contributed by atoms with Crippen molar-refractivity contribution < 1.29 is 28.3 Å². The Balaban J connectivity index is 2.15. The molecule has 0 aliphatic heterocycles. The second-order valence-corrected chi connectivity index (χ2v) is 8.30. The van der Waals surface area contributed by atoms with Crippen molar-refractivity contribution in [2.75, 3.05) is 13.2 Å². The summed E-state index contributed by atoms with van der Waals surface area (Å²) in [5.74, 6) is -0.262. The first kappa shape index (κ1) is 20.0. The van der Waals surface area contributed by atoms with Crippen LogP contribution < -0.4 is 0 Å². The highest BCUT2D eigenvalue weighted by atomic mass is 28.4. The zero-order valence-corrected chi connectivity index (χ0v) is 16.0. The van der Waals surface area contributed by atoms with E-state index in [0.29, 0.717) is 31.2 Å². The lowest BCUT2D eigenvalue weighted by atomic mass is 10.2. The number of phenolic OH excluding ortho intramolecular Hbond substituents is 2. The van der Waals surface area contributed by atoms with Gasteiger partial charge in [0.2, 0.25) is 0 Å². The smallest absolute Gasteiger partial charge is 0.508 e. The van der Waals surface area contributed by atoms with Crippen LogP contribution in [0.4, 0.5) is 0 Å². The van der Waals surface area contributed by atoms with Gasteiger partial charge in [-0.3, -0.25) is 0 Å². The predicted molar refractivity (Wildman–Crippen MR) is 99.1 cm³/mol. The Morgan fingerprint density at radius 1 is 0.885 bits per heavy atom. The van der Waals surface area contributed by atoms with E-state index in [0.717, 1.165) is 5.56 Å². The molecule has 0 heterocycles. The molecule has 0 spiro atoms. The molecule has 0 bridgehead atoms. The van der Waals surface area contributed by atoms with Gasteiger partial charge in [0.15, 0.2) is 0 Å². The number of aromatic hydroxyl groups is 2. The standard InChI is InChI=1S/C19H24O6Si/c1-3-23-26(24-4-2,14-13-15-5-9-17(20)10-6-15)25-19(22)16-7-11-18(21)12-8-16/h5-12,20-21H,3-4,13-14H2,1-2H3. The summed E-state index contributed by atoms with van der Waals surface area (Å²) in [5, 5.41) is 18.7. The van der Waals surface area contributed by atoms with E-state index in [-0.39, 0.29) is 11.5 Å². The fraction of sp³-hybridized carbons (Fsp3) is 0.316. The van der Waals surface area contributed by atoms with Crippen molar-refractivity contribution in [2.45, 2.75) is 26.3 Å². The first-order valence-corrected chi connectivity index (χ1v) is 10.5. The minimum Gasteiger partial charge on any atom is -0.508 e. The highest BCUT2D eigenvalue weighted by molar-refractivity contribution is 6.62. The highest BCUT2D eigenvalue weighted by Crippen LogP contribution is 2.22. The number of carbonyl (C=O) groups is 1. The summed E-state index contributed by atoms with van der Waals surface area (Å²) < 4.78 is 17.3. The van der Waals surface area contributed by atoms with Crippen molar-refractivity contribution >= 4 is 14.8 Å². The molecule has 2 aromatic rings. The van der Waals surface area contributed by atoms with Crippen LogP contribution in [0.3, 0.4) is 0 Å². The Labute approximate surface area is 154 Å². The summed E-state index contributed by atoms with van der Waals surface area (Å²) in [6.45, 7) is 4.39. The zero-order chi connectivity index (χ0) is 19.0. The molecule has 0 aliphatic rings. The number of phenols is 2. The Kier molecular flexibility index (Phi) is 7.20. The lowest BCUT2D eigenvalue weighted by molar-refractivity contribution is 0.0429. The second-order valence-electron chi connectivity index (χ2n) is 5.65. The van der Waals surface area contributed by atoms with E-state index >= 15 is 0 Å². The van der Waals surface area contributed by atoms with Crippen LogP contribution in [0, 0.1) is 0 Å². The quantitative estimate of drug-likeness (QED) is 0.652. The molecule has 7 heteroatoms. The third kappa shape index (κ3) is 5.59. The number of aryl methyl sites for hydroxylation is 1. The fourth-order valence-corrected chi connectivity index (χ4v) is 4.96. The molecular formula is C19H24O6Si. The van der Waals surface area contributed by atoms with Crippen LogP contribution in [0.25, 0.3) is 0 Å². The normalized spacial score (nSPS) is 11.3. The van der Waals surface area contributed by atoms with Crippen LogP contribution in [0.2, 0.25) is 6.04 Å². The Bertz CT molecular complexity index is 693. The molecule has 0 radical (unpaired) electrons.